The molecule has 20 heavy (non-hydrogen) atoms. The molecular formula is C14H16NO5+. The number of methoxy groups -OCH3 is 1. The van der Waals surface area contributed by atoms with Crippen molar-refractivity contribution >= 4 is 16.9 Å². The lowest BCUT2D eigenvalue weighted by Crippen LogP contribution is -2.65. The molecule has 1 aromatic heterocycles. The number of aliphatic carboxylic acids is 1. The van der Waals surface area contributed by atoms with Crippen LogP contribution in [0.15, 0.2) is 33.5 Å². The van der Waals surface area contributed by atoms with Gasteiger partial charge >= 0.3 is 11.6 Å². The SMILES string of the molecule is COc1ccc2c(CC[C@H]([NH3+])C(=O)O)cc(=O)oc2c1. The molecule has 0 fully saturated rings. The molecule has 106 valence electrons. The Bertz CT molecular complexity index is 692. The molecule has 1 heterocycles. The fourth-order valence-electron chi connectivity index (χ4n) is 2.00. The fraction of sp³-hybridized carbons (Fsp3) is 0.286. The fourth-order valence-corrected chi connectivity index (χ4v) is 2.00. The van der Waals surface area contributed by atoms with Crippen LogP contribution in [0, 0.1) is 0 Å². The molecule has 0 aliphatic heterocycles. The monoisotopic (exact) mass is 278 g/mol. The first-order valence-electron chi connectivity index (χ1n) is 6.18. The summed E-state index contributed by atoms with van der Waals surface area (Å²) in [4.78, 5) is 22.3. The number of hydrogen-bond donors (Lipinski definition) is 2. The lowest BCUT2D eigenvalue weighted by molar-refractivity contribution is -0.408. The third-order valence-corrected chi connectivity index (χ3v) is 3.15. The molecule has 2 aromatic rings. The number of aryl methyl sites for hydroxylation is 1. The molecule has 0 amide bonds. The smallest absolute Gasteiger partial charge is 0.362 e. The number of quaternary nitrogens is 1. The van der Waals surface area contributed by atoms with Crippen molar-refractivity contribution in [2.24, 2.45) is 0 Å². The Morgan fingerprint density at radius 3 is 2.85 bits per heavy atom. The van der Waals surface area contributed by atoms with Gasteiger partial charge in [-0.3, -0.25) is 0 Å². The van der Waals surface area contributed by atoms with Crippen molar-refractivity contribution in [2.45, 2.75) is 18.9 Å². The van der Waals surface area contributed by atoms with Crippen LogP contribution in [0.1, 0.15) is 12.0 Å². The van der Waals surface area contributed by atoms with Gasteiger partial charge in [-0.25, -0.2) is 9.59 Å². The molecule has 0 aliphatic carbocycles. The lowest BCUT2D eigenvalue weighted by Gasteiger charge is -2.07. The molecule has 0 bridgehead atoms. The van der Waals surface area contributed by atoms with Crippen LogP contribution in [-0.4, -0.2) is 24.2 Å². The molecule has 0 spiro atoms. The van der Waals surface area contributed by atoms with E-state index < -0.39 is 17.6 Å². The molecule has 1 aromatic carbocycles. The van der Waals surface area contributed by atoms with Crippen molar-refractivity contribution in [2.75, 3.05) is 7.11 Å². The molecule has 0 aliphatic rings. The predicted octanol–water partition coefficient (Wildman–Crippen LogP) is 0.429. The summed E-state index contributed by atoms with van der Waals surface area (Å²) in [6.45, 7) is 0. The summed E-state index contributed by atoms with van der Waals surface area (Å²) >= 11 is 0. The van der Waals surface area contributed by atoms with Gasteiger partial charge in [0.05, 0.1) is 7.11 Å². The number of rotatable bonds is 5. The van der Waals surface area contributed by atoms with E-state index in [0.29, 0.717) is 24.2 Å². The van der Waals surface area contributed by atoms with Crippen LogP contribution in [0.5, 0.6) is 5.75 Å². The van der Waals surface area contributed by atoms with E-state index in [-0.39, 0.29) is 0 Å². The number of carboxylic acids is 1. The minimum atomic E-state index is -0.945. The summed E-state index contributed by atoms with van der Waals surface area (Å²) in [6.07, 6.45) is 0.814. The van der Waals surface area contributed by atoms with Gasteiger partial charge in [0.25, 0.3) is 0 Å². The first-order chi connectivity index (χ1) is 9.51. The van der Waals surface area contributed by atoms with Crippen LogP contribution in [0.3, 0.4) is 0 Å². The summed E-state index contributed by atoms with van der Waals surface area (Å²) in [5.41, 5.74) is 4.29. The number of ether oxygens (including phenoxy) is 1. The van der Waals surface area contributed by atoms with Gasteiger partial charge < -0.3 is 20.0 Å². The first kappa shape index (κ1) is 14.1. The zero-order valence-electron chi connectivity index (χ0n) is 11.1. The van der Waals surface area contributed by atoms with Gasteiger partial charge in [-0.1, -0.05) is 0 Å². The maximum atomic E-state index is 11.5. The highest BCUT2D eigenvalue weighted by Gasteiger charge is 2.16. The van der Waals surface area contributed by atoms with Crippen LogP contribution in [0.25, 0.3) is 11.0 Å². The quantitative estimate of drug-likeness (QED) is 0.772. The lowest BCUT2D eigenvalue weighted by atomic mass is 10.0. The predicted molar refractivity (Wildman–Crippen MR) is 71.7 cm³/mol. The third-order valence-electron chi connectivity index (χ3n) is 3.15. The zero-order chi connectivity index (χ0) is 14.7. The standard InChI is InChI=1S/C14H15NO5/c1-19-9-3-4-10-8(2-5-11(15)14(17)18)6-13(16)20-12(10)7-9/h3-4,6-7,11H,2,5,15H2,1H3,(H,17,18)/p+1/t11-/m0/s1. The molecule has 1 atom stereocenters. The Morgan fingerprint density at radius 2 is 2.20 bits per heavy atom. The van der Waals surface area contributed by atoms with Gasteiger partial charge in [0, 0.05) is 23.9 Å². The Hall–Kier alpha value is -2.34. The summed E-state index contributed by atoms with van der Waals surface area (Å²) in [6, 6.07) is 5.90. The van der Waals surface area contributed by atoms with E-state index in [1.807, 2.05) is 0 Å². The summed E-state index contributed by atoms with van der Waals surface area (Å²) in [5.74, 6) is -0.350. The molecule has 4 N–H and O–H groups in total. The zero-order valence-corrected chi connectivity index (χ0v) is 11.1. The minimum Gasteiger partial charge on any atom is -0.497 e. The van der Waals surface area contributed by atoms with Crippen LogP contribution in [0.2, 0.25) is 0 Å². The molecule has 0 radical (unpaired) electrons. The number of benzene rings is 1. The molecule has 6 heteroatoms. The van der Waals surface area contributed by atoms with Crippen LogP contribution in [0.4, 0.5) is 0 Å². The van der Waals surface area contributed by atoms with Crippen LogP contribution in [-0.2, 0) is 11.2 Å². The van der Waals surface area contributed by atoms with E-state index in [1.54, 1.807) is 18.2 Å². The van der Waals surface area contributed by atoms with Gasteiger partial charge in [0.1, 0.15) is 11.3 Å². The second kappa shape index (κ2) is 5.75. The molecule has 2 rings (SSSR count). The average molecular weight is 278 g/mol. The van der Waals surface area contributed by atoms with Gasteiger partial charge in [-0.2, -0.15) is 0 Å². The maximum absolute atomic E-state index is 11.5. The second-order valence-electron chi connectivity index (χ2n) is 4.53. The first-order valence-corrected chi connectivity index (χ1v) is 6.18. The Kier molecular flexibility index (Phi) is 4.05. The second-order valence-corrected chi connectivity index (χ2v) is 4.53. The van der Waals surface area contributed by atoms with Crippen molar-refractivity contribution in [1.82, 2.24) is 0 Å². The normalized spacial score (nSPS) is 12.3. The summed E-state index contributed by atoms with van der Waals surface area (Å²) in [5, 5.41) is 9.62. The van der Waals surface area contributed by atoms with E-state index in [2.05, 4.69) is 5.73 Å². The Morgan fingerprint density at radius 1 is 1.45 bits per heavy atom. The molecule has 0 saturated carbocycles. The van der Waals surface area contributed by atoms with Crippen molar-refractivity contribution < 1.29 is 24.8 Å². The van der Waals surface area contributed by atoms with Crippen LogP contribution >= 0.6 is 0 Å². The van der Waals surface area contributed by atoms with Gasteiger partial charge in [0.15, 0.2) is 6.04 Å². The summed E-state index contributed by atoms with van der Waals surface area (Å²) in [7, 11) is 1.53. The van der Waals surface area contributed by atoms with E-state index in [4.69, 9.17) is 14.3 Å². The van der Waals surface area contributed by atoms with Crippen LogP contribution < -0.4 is 16.1 Å². The van der Waals surface area contributed by atoms with Gasteiger partial charge in [-0.05, 0) is 24.1 Å². The van der Waals surface area contributed by atoms with Crippen molar-refractivity contribution in [3.8, 4) is 5.75 Å². The van der Waals surface area contributed by atoms with Crippen molar-refractivity contribution in [3.05, 3.63) is 40.2 Å². The van der Waals surface area contributed by atoms with E-state index in [0.717, 1.165) is 10.9 Å². The molecule has 6 nitrogen and oxygen atoms in total. The van der Waals surface area contributed by atoms with E-state index in [9.17, 15) is 9.59 Å². The number of fused-ring (bicyclic) bond motifs is 1. The topological polar surface area (TPSA) is 104 Å². The third kappa shape index (κ3) is 2.97. The molecule has 0 saturated heterocycles. The van der Waals surface area contributed by atoms with Crippen molar-refractivity contribution in [1.29, 1.82) is 0 Å². The highest BCUT2D eigenvalue weighted by atomic mass is 16.5. The maximum Gasteiger partial charge on any atom is 0.362 e. The minimum absolute atomic E-state index is 0.361. The van der Waals surface area contributed by atoms with Gasteiger partial charge in [-0.15, -0.1) is 0 Å². The highest BCUT2D eigenvalue weighted by molar-refractivity contribution is 5.81. The summed E-state index contributed by atoms with van der Waals surface area (Å²) < 4.78 is 10.2. The molecular weight excluding hydrogens is 262 g/mol. The Balaban J connectivity index is 2.37. The van der Waals surface area contributed by atoms with E-state index >= 15 is 0 Å². The van der Waals surface area contributed by atoms with Gasteiger partial charge in [0.2, 0.25) is 0 Å². The Labute approximate surface area is 114 Å². The average Bonchev–Trinajstić information content (AvgIpc) is 2.43. The number of carboxylic acid groups (broad SMARTS) is 1. The highest BCUT2D eigenvalue weighted by Crippen LogP contribution is 2.23. The number of carbonyl (C=O) groups is 1. The van der Waals surface area contributed by atoms with E-state index in [1.165, 1.54) is 13.2 Å². The number of hydrogen-bond acceptors (Lipinski definition) is 4. The van der Waals surface area contributed by atoms with Crippen molar-refractivity contribution in [3.63, 3.8) is 0 Å². The molecule has 0 unspecified atom stereocenters. The largest absolute Gasteiger partial charge is 0.497 e.